The standard InChI is InChI=1S/C19H37/c1-13(2)17(19(7,8)9)16-14(3)11-10-12-15(16)18(4,5)6/h13-16H,10-12H2,1-9H3. The minimum Gasteiger partial charge on any atom is -0.0622 e. The molecule has 1 saturated carbocycles. The van der Waals surface area contributed by atoms with Gasteiger partial charge in [0.1, 0.15) is 0 Å². The van der Waals surface area contributed by atoms with E-state index >= 15 is 0 Å². The van der Waals surface area contributed by atoms with Crippen LogP contribution in [-0.2, 0) is 0 Å². The first-order chi connectivity index (χ1) is 8.46. The average molecular weight is 266 g/mol. The first-order valence-electron chi connectivity index (χ1n) is 8.33. The third-order valence-electron chi connectivity index (χ3n) is 5.18. The first-order valence-corrected chi connectivity index (χ1v) is 8.33. The molecule has 0 amide bonds. The van der Waals surface area contributed by atoms with Crippen molar-refractivity contribution in [2.24, 2.45) is 34.5 Å². The third kappa shape index (κ3) is 3.99. The highest BCUT2D eigenvalue weighted by Crippen LogP contribution is 2.54. The Morgan fingerprint density at radius 1 is 0.947 bits per heavy atom. The molecule has 0 N–H and O–H groups in total. The van der Waals surface area contributed by atoms with E-state index in [1.165, 1.54) is 19.3 Å². The molecule has 0 aromatic carbocycles. The molecule has 0 saturated heterocycles. The largest absolute Gasteiger partial charge is 0.0622 e. The van der Waals surface area contributed by atoms with Crippen molar-refractivity contribution in [2.45, 2.75) is 81.6 Å². The van der Waals surface area contributed by atoms with Gasteiger partial charge >= 0.3 is 0 Å². The Morgan fingerprint density at radius 2 is 1.47 bits per heavy atom. The topological polar surface area (TPSA) is 0 Å². The molecule has 0 heteroatoms. The summed E-state index contributed by atoms with van der Waals surface area (Å²) in [6.45, 7) is 21.9. The maximum Gasteiger partial charge on any atom is -0.0125 e. The molecule has 1 radical (unpaired) electrons. The van der Waals surface area contributed by atoms with E-state index in [2.05, 4.69) is 62.3 Å². The van der Waals surface area contributed by atoms with Crippen LogP contribution in [0.1, 0.15) is 81.6 Å². The zero-order valence-electron chi connectivity index (χ0n) is 14.9. The molecule has 19 heavy (non-hydrogen) atoms. The molecular weight excluding hydrogens is 228 g/mol. The van der Waals surface area contributed by atoms with E-state index < -0.39 is 0 Å². The summed E-state index contributed by atoms with van der Waals surface area (Å²) in [5, 5.41) is 0. The predicted octanol–water partition coefficient (Wildman–Crippen LogP) is 6.36. The van der Waals surface area contributed by atoms with E-state index in [4.69, 9.17) is 0 Å². The Balaban J connectivity index is 3.14. The van der Waals surface area contributed by atoms with Gasteiger partial charge in [0.05, 0.1) is 0 Å². The minimum atomic E-state index is 0.341. The Kier molecular flexibility index (Phi) is 5.19. The smallest absolute Gasteiger partial charge is 0.0125 e. The highest BCUT2D eigenvalue weighted by molar-refractivity contribution is 5.12. The van der Waals surface area contributed by atoms with E-state index in [0.717, 1.165) is 17.8 Å². The van der Waals surface area contributed by atoms with Crippen LogP contribution in [0.3, 0.4) is 0 Å². The second-order valence-corrected chi connectivity index (χ2v) is 9.27. The van der Waals surface area contributed by atoms with Crippen LogP contribution in [-0.4, -0.2) is 0 Å². The second kappa shape index (κ2) is 5.78. The van der Waals surface area contributed by atoms with Gasteiger partial charge < -0.3 is 0 Å². The lowest BCUT2D eigenvalue weighted by atomic mass is 9.53. The summed E-state index contributed by atoms with van der Waals surface area (Å²) in [6, 6.07) is 0. The highest BCUT2D eigenvalue weighted by atomic mass is 14.5. The van der Waals surface area contributed by atoms with Crippen LogP contribution >= 0.6 is 0 Å². The molecule has 0 nitrogen and oxygen atoms in total. The van der Waals surface area contributed by atoms with Gasteiger partial charge in [-0.25, -0.2) is 0 Å². The lowest BCUT2D eigenvalue weighted by molar-refractivity contribution is 0.0468. The average Bonchev–Trinajstić information content (AvgIpc) is 2.16. The van der Waals surface area contributed by atoms with Gasteiger partial charge in [-0.3, -0.25) is 0 Å². The van der Waals surface area contributed by atoms with Crippen LogP contribution in [0.15, 0.2) is 0 Å². The van der Waals surface area contributed by atoms with E-state index in [1.807, 2.05) is 5.92 Å². The van der Waals surface area contributed by atoms with Gasteiger partial charge in [0.2, 0.25) is 0 Å². The van der Waals surface area contributed by atoms with Crippen molar-refractivity contribution in [3.8, 4) is 0 Å². The van der Waals surface area contributed by atoms with Crippen LogP contribution in [0.25, 0.3) is 0 Å². The number of hydrogen-bond acceptors (Lipinski definition) is 0. The fourth-order valence-electron chi connectivity index (χ4n) is 4.66. The van der Waals surface area contributed by atoms with E-state index in [9.17, 15) is 0 Å². The highest BCUT2D eigenvalue weighted by Gasteiger charge is 2.46. The molecule has 0 aliphatic heterocycles. The Labute approximate surface area is 122 Å². The molecule has 1 fully saturated rings. The quantitative estimate of drug-likeness (QED) is 0.545. The van der Waals surface area contributed by atoms with Crippen LogP contribution in [0, 0.1) is 40.4 Å². The van der Waals surface area contributed by atoms with Crippen molar-refractivity contribution in [1.82, 2.24) is 0 Å². The van der Waals surface area contributed by atoms with Crippen LogP contribution in [0.5, 0.6) is 0 Å². The Hall–Kier alpha value is 0. The van der Waals surface area contributed by atoms with E-state index in [1.54, 1.807) is 0 Å². The van der Waals surface area contributed by atoms with Crippen LogP contribution < -0.4 is 0 Å². The maximum atomic E-state index is 2.50. The van der Waals surface area contributed by atoms with Crippen molar-refractivity contribution in [1.29, 1.82) is 0 Å². The zero-order chi connectivity index (χ0) is 15.0. The molecule has 0 spiro atoms. The van der Waals surface area contributed by atoms with Gasteiger partial charge in [0.25, 0.3) is 0 Å². The molecule has 3 unspecified atom stereocenters. The molecule has 0 aromatic rings. The molecule has 1 aliphatic carbocycles. The molecular formula is C19H37. The molecule has 0 heterocycles. The van der Waals surface area contributed by atoms with E-state index in [0.29, 0.717) is 16.7 Å². The van der Waals surface area contributed by atoms with Gasteiger partial charge in [0, 0.05) is 0 Å². The van der Waals surface area contributed by atoms with Gasteiger partial charge in [-0.2, -0.15) is 0 Å². The SMILES string of the molecule is CC(C)[C](C1C(C)CCCC1C(C)(C)C)C(C)(C)C. The first kappa shape index (κ1) is 17.1. The number of rotatable bonds is 2. The molecule has 1 rings (SSSR count). The lowest BCUT2D eigenvalue weighted by Gasteiger charge is -2.52. The van der Waals surface area contributed by atoms with Crippen molar-refractivity contribution in [2.75, 3.05) is 0 Å². The molecule has 1 aliphatic rings. The second-order valence-electron chi connectivity index (χ2n) is 9.27. The third-order valence-corrected chi connectivity index (χ3v) is 5.18. The van der Waals surface area contributed by atoms with Gasteiger partial charge in [-0.15, -0.1) is 0 Å². The van der Waals surface area contributed by atoms with E-state index in [-0.39, 0.29) is 0 Å². The molecule has 0 aromatic heterocycles. The summed E-state index contributed by atoms with van der Waals surface area (Å²) in [5.41, 5.74) is 0.776. The Bertz CT molecular complexity index is 273. The molecule has 3 atom stereocenters. The Morgan fingerprint density at radius 3 is 1.84 bits per heavy atom. The van der Waals surface area contributed by atoms with Crippen molar-refractivity contribution < 1.29 is 0 Å². The fraction of sp³-hybridized carbons (Fsp3) is 0.947. The summed E-state index contributed by atoms with van der Waals surface area (Å²) in [4.78, 5) is 0. The van der Waals surface area contributed by atoms with Crippen LogP contribution in [0.4, 0.5) is 0 Å². The number of hydrogen-bond donors (Lipinski definition) is 0. The van der Waals surface area contributed by atoms with Gasteiger partial charge in [-0.05, 0) is 46.8 Å². The summed E-state index contributed by atoms with van der Waals surface area (Å²) in [6.07, 6.45) is 4.27. The summed E-state index contributed by atoms with van der Waals surface area (Å²) < 4.78 is 0. The monoisotopic (exact) mass is 265 g/mol. The van der Waals surface area contributed by atoms with Crippen molar-refractivity contribution >= 4 is 0 Å². The van der Waals surface area contributed by atoms with Crippen molar-refractivity contribution in [3.63, 3.8) is 0 Å². The van der Waals surface area contributed by atoms with Crippen LogP contribution in [0.2, 0.25) is 0 Å². The van der Waals surface area contributed by atoms with Gasteiger partial charge in [0.15, 0.2) is 0 Å². The predicted molar refractivity (Wildman–Crippen MR) is 87.0 cm³/mol. The molecule has 0 bridgehead atoms. The fourth-order valence-corrected chi connectivity index (χ4v) is 4.66. The summed E-state index contributed by atoms with van der Waals surface area (Å²) >= 11 is 0. The lowest BCUT2D eigenvalue weighted by Crippen LogP contribution is -2.44. The zero-order valence-corrected chi connectivity index (χ0v) is 14.9. The summed E-state index contributed by atoms with van der Waals surface area (Å²) in [7, 11) is 0. The molecule has 113 valence electrons. The minimum absolute atomic E-state index is 0.341. The summed E-state index contributed by atoms with van der Waals surface area (Å²) in [5.74, 6) is 5.05. The van der Waals surface area contributed by atoms with Gasteiger partial charge in [-0.1, -0.05) is 75.2 Å². The van der Waals surface area contributed by atoms with Crippen molar-refractivity contribution in [3.05, 3.63) is 5.92 Å². The maximum absolute atomic E-state index is 2.50. The normalized spacial score (nSPS) is 30.2.